The lowest BCUT2D eigenvalue weighted by atomic mass is 9.86. The molecule has 3 nitrogen and oxygen atoms in total. The molecule has 7 heteroatoms. The molecule has 1 aliphatic carbocycles. The zero-order valence-corrected chi connectivity index (χ0v) is 13.0. The van der Waals surface area contributed by atoms with Crippen LogP contribution in [0.3, 0.4) is 0 Å². The maximum absolute atomic E-state index is 14.0. The Morgan fingerprint density at radius 3 is 2.17 bits per heavy atom. The van der Waals surface area contributed by atoms with Crippen molar-refractivity contribution in [1.29, 1.82) is 0 Å². The lowest BCUT2D eigenvalue weighted by Gasteiger charge is -2.33. The molecule has 0 radical (unpaired) electrons. The predicted octanol–water partition coefficient (Wildman–Crippen LogP) is 4.22. The number of rotatable bonds is 4. The van der Waals surface area contributed by atoms with Crippen LogP contribution < -0.4 is 4.74 Å². The van der Waals surface area contributed by atoms with Crippen molar-refractivity contribution in [2.75, 3.05) is 7.05 Å². The van der Waals surface area contributed by atoms with Crippen LogP contribution in [0.15, 0.2) is 12.1 Å². The van der Waals surface area contributed by atoms with Crippen molar-refractivity contribution < 1.29 is 27.1 Å². The van der Waals surface area contributed by atoms with E-state index in [-0.39, 0.29) is 6.04 Å². The number of carbonyl (C=O) groups is 1. The van der Waals surface area contributed by atoms with Gasteiger partial charge < -0.3 is 9.64 Å². The Balaban J connectivity index is 2.18. The number of carbonyl (C=O) groups excluding carboxylic acids is 1. The first-order valence-electron chi connectivity index (χ1n) is 7.50. The standard InChI is InChI=1S/C16H19F4NO2/c1-9-3-5-10(6-4-9)21(2)15(22)14-12(17)7-11(8-13(14)18)23-16(19)20/h7-10,16H,3-6H2,1-2H3. The van der Waals surface area contributed by atoms with Gasteiger partial charge in [0.1, 0.15) is 22.9 Å². The molecule has 0 unspecified atom stereocenters. The third-order valence-electron chi connectivity index (χ3n) is 4.31. The van der Waals surface area contributed by atoms with Crippen molar-refractivity contribution >= 4 is 5.91 Å². The Morgan fingerprint density at radius 2 is 1.70 bits per heavy atom. The number of benzene rings is 1. The maximum atomic E-state index is 14.0. The molecule has 0 aliphatic heterocycles. The van der Waals surface area contributed by atoms with Gasteiger partial charge in [-0.1, -0.05) is 6.92 Å². The van der Waals surface area contributed by atoms with E-state index in [1.54, 1.807) is 0 Å². The summed E-state index contributed by atoms with van der Waals surface area (Å²) in [5, 5.41) is 0. The van der Waals surface area contributed by atoms with Gasteiger partial charge in [-0.2, -0.15) is 8.78 Å². The van der Waals surface area contributed by atoms with Gasteiger partial charge in [-0.25, -0.2) is 8.78 Å². The highest BCUT2D eigenvalue weighted by atomic mass is 19.3. The minimum absolute atomic E-state index is 0.0745. The minimum atomic E-state index is -3.19. The predicted molar refractivity (Wildman–Crippen MR) is 76.5 cm³/mol. The minimum Gasteiger partial charge on any atom is -0.435 e. The molecule has 1 saturated carbocycles. The second kappa shape index (κ2) is 7.19. The summed E-state index contributed by atoms with van der Waals surface area (Å²) in [4.78, 5) is 13.7. The summed E-state index contributed by atoms with van der Waals surface area (Å²) >= 11 is 0. The third-order valence-corrected chi connectivity index (χ3v) is 4.31. The Morgan fingerprint density at radius 1 is 1.17 bits per heavy atom. The molecular formula is C16H19F4NO2. The Labute approximate surface area is 132 Å². The molecule has 2 rings (SSSR count). The molecule has 0 bridgehead atoms. The second-order valence-electron chi connectivity index (χ2n) is 5.97. The topological polar surface area (TPSA) is 29.5 Å². The summed E-state index contributed by atoms with van der Waals surface area (Å²) in [6, 6.07) is 1.12. The van der Waals surface area contributed by atoms with Gasteiger partial charge in [0.2, 0.25) is 0 Å². The summed E-state index contributed by atoms with van der Waals surface area (Å²) in [6.45, 7) is -1.07. The normalized spacial score (nSPS) is 21.3. The second-order valence-corrected chi connectivity index (χ2v) is 5.97. The lowest BCUT2D eigenvalue weighted by Crippen LogP contribution is -2.40. The molecule has 0 heterocycles. The summed E-state index contributed by atoms with van der Waals surface area (Å²) < 4.78 is 56.1. The van der Waals surface area contributed by atoms with Gasteiger partial charge >= 0.3 is 6.61 Å². The van der Waals surface area contributed by atoms with E-state index in [4.69, 9.17) is 0 Å². The van der Waals surface area contributed by atoms with Gasteiger partial charge in [0.15, 0.2) is 0 Å². The van der Waals surface area contributed by atoms with Gasteiger partial charge in [-0.05, 0) is 31.6 Å². The van der Waals surface area contributed by atoms with Crippen LogP contribution in [0.25, 0.3) is 0 Å². The number of alkyl halides is 2. The van der Waals surface area contributed by atoms with E-state index in [1.165, 1.54) is 11.9 Å². The molecule has 1 aromatic carbocycles. The number of halogens is 4. The fourth-order valence-corrected chi connectivity index (χ4v) is 2.90. The highest BCUT2D eigenvalue weighted by molar-refractivity contribution is 5.95. The van der Waals surface area contributed by atoms with Gasteiger partial charge in [0.25, 0.3) is 5.91 Å². The molecule has 23 heavy (non-hydrogen) atoms. The van der Waals surface area contributed by atoms with Crippen LogP contribution in [0.5, 0.6) is 5.75 Å². The largest absolute Gasteiger partial charge is 0.435 e. The highest BCUT2D eigenvalue weighted by Gasteiger charge is 2.29. The summed E-state index contributed by atoms with van der Waals surface area (Å²) in [7, 11) is 1.51. The fourth-order valence-electron chi connectivity index (χ4n) is 2.90. The molecule has 0 N–H and O–H groups in total. The average molecular weight is 333 g/mol. The number of amides is 1. The van der Waals surface area contributed by atoms with Crippen LogP contribution in [-0.2, 0) is 0 Å². The molecule has 0 aromatic heterocycles. The summed E-state index contributed by atoms with van der Waals surface area (Å²) in [5.74, 6) is -3.28. The Hall–Kier alpha value is -1.79. The van der Waals surface area contributed by atoms with Gasteiger partial charge in [-0.3, -0.25) is 4.79 Å². The van der Waals surface area contributed by atoms with Crippen LogP contribution in [0.4, 0.5) is 17.6 Å². The van der Waals surface area contributed by atoms with E-state index in [2.05, 4.69) is 11.7 Å². The number of hydrogen-bond donors (Lipinski definition) is 0. The molecule has 0 saturated heterocycles. The van der Waals surface area contributed by atoms with Crippen LogP contribution in [0.2, 0.25) is 0 Å². The Bertz CT molecular complexity index is 548. The molecule has 1 amide bonds. The Kier molecular flexibility index (Phi) is 5.49. The number of nitrogens with zero attached hydrogens (tertiary/aromatic N) is 1. The van der Waals surface area contributed by atoms with Gasteiger partial charge in [-0.15, -0.1) is 0 Å². The van der Waals surface area contributed by atoms with Crippen LogP contribution >= 0.6 is 0 Å². The lowest BCUT2D eigenvalue weighted by molar-refractivity contribution is -0.0501. The van der Waals surface area contributed by atoms with Crippen LogP contribution in [-0.4, -0.2) is 30.5 Å². The van der Waals surface area contributed by atoms with E-state index in [0.29, 0.717) is 18.1 Å². The van der Waals surface area contributed by atoms with Crippen molar-refractivity contribution in [2.45, 2.75) is 45.3 Å². The van der Waals surface area contributed by atoms with E-state index in [9.17, 15) is 22.4 Å². The maximum Gasteiger partial charge on any atom is 0.387 e. The number of ether oxygens (including phenoxy) is 1. The average Bonchev–Trinajstić information content (AvgIpc) is 2.45. The van der Waals surface area contributed by atoms with E-state index < -0.39 is 35.5 Å². The number of hydrogen-bond acceptors (Lipinski definition) is 2. The van der Waals surface area contributed by atoms with Crippen molar-refractivity contribution in [1.82, 2.24) is 4.90 Å². The zero-order valence-electron chi connectivity index (χ0n) is 13.0. The van der Waals surface area contributed by atoms with Crippen molar-refractivity contribution in [3.05, 3.63) is 29.3 Å². The zero-order chi connectivity index (χ0) is 17.1. The van der Waals surface area contributed by atoms with E-state index in [1.807, 2.05) is 0 Å². The smallest absolute Gasteiger partial charge is 0.387 e. The SMILES string of the molecule is CC1CCC(N(C)C(=O)c2c(F)cc(OC(F)F)cc2F)CC1. The van der Waals surface area contributed by atoms with Crippen molar-refractivity contribution in [3.63, 3.8) is 0 Å². The molecule has 128 valence electrons. The van der Waals surface area contributed by atoms with Crippen molar-refractivity contribution in [2.24, 2.45) is 5.92 Å². The first kappa shape index (κ1) is 17.6. The van der Waals surface area contributed by atoms with E-state index >= 15 is 0 Å². The van der Waals surface area contributed by atoms with Crippen LogP contribution in [0.1, 0.15) is 43.0 Å². The molecule has 0 atom stereocenters. The fraction of sp³-hybridized carbons (Fsp3) is 0.562. The summed E-state index contributed by atoms with van der Waals surface area (Å²) in [6.07, 6.45) is 3.46. The molecule has 0 spiro atoms. The molecular weight excluding hydrogens is 314 g/mol. The highest BCUT2D eigenvalue weighted by Crippen LogP contribution is 2.29. The molecule has 1 fully saturated rings. The molecule has 1 aromatic rings. The van der Waals surface area contributed by atoms with Gasteiger partial charge in [0, 0.05) is 25.2 Å². The summed E-state index contributed by atoms with van der Waals surface area (Å²) in [5.41, 5.74) is -0.743. The van der Waals surface area contributed by atoms with E-state index in [0.717, 1.165) is 25.7 Å². The first-order valence-corrected chi connectivity index (χ1v) is 7.50. The van der Waals surface area contributed by atoms with Crippen molar-refractivity contribution in [3.8, 4) is 5.75 Å². The van der Waals surface area contributed by atoms with Gasteiger partial charge in [0.05, 0.1) is 0 Å². The third kappa shape index (κ3) is 4.14. The first-order chi connectivity index (χ1) is 10.8. The molecule has 1 aliphatic rings. The monoisotopic (exact) mass is 333 g/mol. The quantitative estimate of drug-likeness (QED) is 0.772. The van der Waals surface area contributed by atoms with Crippen LogP contribution in [0, 0.1) is 17.6 Å².